The number of fused-ring (bicyclic) bond motifs is 6. The van der Waals surface area contributed by atoms with Crippen LogP contribution in [0.1, 0.15) is 17.9 Å². The Labute approximate surface area is 234 Å². The number of nitrogens with zero attached hydrogens (tertiary/aromatic N) is 5. The SMILES string of the molecule is [C-]1=C2C(CC=C1n1c3[c-]c(-n4cccn4)ccc3c3ccccc31)c1ccccc1N2c1ccccn1.[Pt+2]. The summed E-state index contributed by atoms with van der Waals surface area (Å²) >= 11 is 0. The Morgan fingerprint density at radius 3 is 2.55 bits per heavy atom. The minimum absolute atomic E-state index is 0. The molecule has 8 rings (SSSR count). The zero-order chi connectivity index (χ0) is 24.3. The van der Waals surface area contributed by atoms with E-state index < -0.39 is 0 Å². The minimum Gasteiger partial charge on any atom is -0.370 e. The molecule has 0 radical (unpaired) electrons. The van der Waals surface area contributed by atoms with Crippen LogP contribution in [0.4, 0.5) is 11.5 Å². The third-order valence-electron chi connectivity index (χ3n) is 7.37. The van der Waals surface area contributed by atoms with Crippen molar-refractivity contribution in [1.82, 2.24) is 19.3 Å². The van der Waals surface area contributed by atoms with Gasteiger partial charge in [0, 0.05) is 29.8 Å². The standard InChI is InChI=1S/C32H21N5.Pt/c1-3-10-28-24(8-1)26-15-13-22(35-19-7-18-34-35)20-30(26)36(28)23-14-16-27-25-9-2-4-11-29(25)37(31(27)21-23)32-12-5-6-17-33-32;/h1-15,17-19,27H,16H2;/q-2;+2. The molecule has 1 atom stereocenters. The molecule has 2 aliphatic rings. The van der Waals surface area contributed by atoms with Gasteiger partial charge in [0.25, 0.3) is 0 Å². The Bertz CT molecular complexity index is 1860. The first kappa shape index (κ1) is 22.9. The second-order valence-electron chi connectivity index (χ2n) is 9.38. The van der Waals surface area contributed by atoms with E-state index in [1.54, 1.807) is 6.20 Å². The van der Waals surface area contributed by atoms with Gasteiger partial charge < -0.3 is 9.47 Å². The van der Waals surface area contributed by atoms with Crippen molar-refractivity contribution in [2.45, 2.75) is 12.3 Å². The van der Waals surface area contributed by atoms with Gasteiger partial charge in [-0.1, -0.05) is 60.1 Å². The molecule has 1 unspecified atom stereocenters. The molecule has 6 aromatic rings. The number of allylic oxidation sites excluding steroid dienone is 4. The van der Waals surface area contributed by atoms with Gasteiger partial charge in [0.05, 0.1) is 0 Å². The fraction of sp³-hybridized carbons (Fsp3) is 0.0625. The average molecular weight is 671 g/mol. The Morgan fingerprint density at radius 1 is 0.816 bits per heavy atom. The number of benzene rings is 3. The first-order chi connectivity index (χ1) is 18.4. The molecule has 0 spiro atoms. The van der Waals surface area contributed by atoms with E-state index in [0.29, 0.717) is 0 Å². The number of hydrogen-bond donors (Lipinski definition) is 0. The third-order valence-corrected chi connectivity index (χ3v) is 7.37. The fourth-order valence-corrected chi connectivity index (χ4v) is 5.77. The van der Waals surface area contributed by atoms with Crippen LogP contribution in [0.5, 0.6) is 0 Å². The van der Waals surface area contributed by atoms with Crippen molar-refractivity contribution in [3.63, 3.8) is 0 Å². The monoisotopic (exact) mass is 670 g/mol. The van der Waals surface area contributed by atoms with Crippen molar-refractivity contribution in [2.75, 3.05) is 4.90 Å². The molecular formula is C32H21N5Pt. The average Bonchev–Trinajstić information content (AvgIpc) is 3.68. The van der Waals surface area contributed by atoms with Crippen LogP contribution in [0.15, 0.2) is 115 Å². The summed E-state index contributed by atoms with van der Waals surface area (Å²) in [6, 6.07) is 33.1. The van der Waals surface area contributed by atoms with Crippen molar-refractivity contribution < 1.29 is 21.1 Å². The molecule has 1 aliphatic heterocycles. The largest absolute Gasteiger partial charge is 2.00 e. The molecule has 38 heavy (non-hydrogen) atoms. The molecule has 3 aromatic carbocycles. The maximum Gasteiger partial charge on any atom is 2.00 e. The van der Waals surface area contributed by atoms with Gasteiger partial charge in [-0.2, -0.15) is 11.2 Å². The normalized spacial score (nSPS) is 16.1. The van der Waals surface area contributed by atoms with Gasteiger partial charge in [-0.3, -0.25) is 4.68 Å². The summed E-state index contributed by atoms with van der Waals surface area (Å²) in [7, 11) is 0. The fourth-order valence-electron chi connectivity index (χ4n) is 5.77. The molecule has 0 saturated heterocycles. The molecule has 3 aromatic heterocycles. The summed E-state index contributed by atoms with van der Waals surface area (Å²) in [5.74, 6) is 1.16. The molecule has 6 heteroatoms. The summed E-state index contributed by atoms with van der Waals surface area (Å²) in [4.78, 5) is 6.96. The van der Waals surface area contributed by atoms with Gasteiger partial charge in [-0.25, -0.2) is 17.1 Å². The summed E-state index contributed by atoms with van der Waals surface area (Å²) in [6.45, 7) is 0. The van der Waals surface area contributed by atoms with Crippen LogP contribution in [0.2, 0.25) is 0 Å². The van der Waals surface area contributed by atoms with Crippen molar-refractivity contribution in [3.05, 3.63) is 133 Å². The number of anilines is 2. The van der Waals surface area contributed by atoms with Crippen LogP contribution in [-0.2, 0) is 21.1 Å². The molecule has 1 aliphatic carbocycles. The van der Waals surface area contributed by atoms with Gasteiger partial charge >= 0.3 is 21.1 Å². The molecule has 0 saturated carbocycles. The van der Waals surface area contributed by atoms with Crippen LogP contribution >= 0.6 is 0 Å². The van der Waals surface area contributed by atoms with E-state index in [-0.39, 0.29) is 27.0 Å². The van der Waals surface area contributed by atoms with E-state index in [0.717, 1.165) is 45.7 Å². The molecule has 4 heterocycles. The second kappa shape index (κ2) is 8.97. The van der Waals surface area contributed by atoms with Crippen molar-refractivity contribution >= 4 is 39.0 Å². The Balaban J connectivity index is 0.00000242. The van der Waals surface area contributed by atoms with Crippen LogP contribution in [-0.4, -0.2) is 19.3 Å². The number of para-hydroxylation sites is 2. The molecule has 0 bridgehead atoms. The van der Waals surface area contributed by atoms with E-state index in [9.17, 15) is 0 Å². The van der Waals surface area contributed by atoms with Crippen molar-refractivity contribution in [1.29, 1.82) is 0 Å². The quantitative estimate of drug-likeness (QED) is 0.190. The number of pyridine rings is 1. The predicted octanol–water partition coefficient (Wildman–Crippen LogP) is 7.04. The summed E-state index contributed by atoms with van der Waals surface area (Å²) in [5, 5.41) is 6.79. The second-order valence-corrected chi connectivity index (χ2v) is 9.38. The Hall–Kier alpha value is -4.21. The number of rotatable bonds is 3. The molecular weight excluding hydrogens is 649 g/mol. The zero-order valence-electron chi connectivity index (χ0n) is 20.2. The first-order valence-electron chi connectivity index (χ1n) is 12.5. The molecule has 0 fully saturated rings. The molecule has 0 N–H and O–H groups in total. The van der Waals surface area contributed by atoms with Gasteiger partial charge in [-0.05, 0) is 52.9 Å². The Morgan fingerprint density at radius 2 is 1.68 bits per heavy atom. The first-order valence-corrected chi connectivity index (χ1v) is 12.5. The van der Waals surface area contributed by atoms with E-state index in [1.165, 1.54) is 16.6 Å². The van der Waals surface area contributed by atoms with E-state index in [4.69, 9.17) is 4.98 Å². The van der Waals surface area contributed by atoms with Gasteiger partial charge in [0.15, 0.2) is 0 Å². The van der Waals surface area contributed by atoms with E-state index in [2.05, 4.69) is 99.5 Å². The van der Waals surface area contributed by atoms with Gasteiger partial charge in [0.2, 0.25) is 0 Å². The molecule has 0 amide bonds. The van der Waals surface area contributed by atoms with Crippen LogP contribution < -0.4 is 4.90 Å². The van der Waals surface area contributed by atoms with Gasteiger partial charge in [-0.15, -0.1) is 23.2 Å². The summed E-state index contributed by atoms with van der Waals surface area (Å²) in [6.07, 6.45) is 12.6. The van der Waals surface area contributed by atoms with Gasteiger partial charge in [0.1, 0.15) is 5.82 Å². The van der Waals surface area contributed by atoms with E-state index in [1.807, 2.05) is 35.3 Å². The summed E-state index contributed by atoms with van der Waals surface area (Å²) < 4.78 is 4.14. The smallest absolute Gasteiger partial charge is 0.370 e. The van der Waals surface area contributed by atoms with Crippen molar-refractivity contribution in [2.24, 2.45) is 0 Å². The zero-order valence-corrected chi connectivity index (χ0v) is 22.5. The predicted molar refractivity (Wildman–Crippen MR) is 147 cm³/mol. The van der Waals surface area contributed by atoms with E-state index >= 15 is 0 Å². The minimum atomic E-state index is 0. The van der Waals surface area contributed by atoms with Crippen LogP contribution in [0.25, 0.3) is 33.2 Å². The van der Waals surface area contributed by atoms with Crippen molar-refractivity contribution in [3.8, 4) is 5.69 Å². The van der Waals surface area contributed by atoms with Crippen LogP contribution in [0, 0.1) is 12.1 Å². The topological polar surface area (TPSA) is 38.9 Å². The molecule has 5 nitrogen and oxygen atoms in total. The Kier molecular flexibility index (Phi) is 5.41. The maximum atomic E-state index is 4.70. The number of aromatic nitrogens is 4. The summed E-state index contributed by atoms with van der Waals surface area (Å²) in [5.41, 5.74) is 7.73. The third kappa shape index (κ3) is 3.35. The number of hydrogen-bond acceptors (Lipinski definition) is 3. The maximum absolute atomic E-state index is 4.70. The van der Waals surface area contributed by atoms with Crippen LogP contribution in [0.3, 0.4) is 0 Å². The molecule has 184 valence electrons.